The zero-order valence-corrected chi connectivity index (χ0v) is 20.9. The molecule has 0 spiro atoms. The number of hydrogen-bond donors (Lipinski definition) is 2. The lowest BCUT2D eigenvalue weighted by Gasteiger charge is -2.34. The van der Waals surface area contributed by atoms with Crippen molar-refractivity contribution in [3.8, 4) is 0 Å². The third kappa shape index (κ3) is 5.68. The second-order valence-electron chi connectivity index (χ2n) is 8.88. The highest BCUT2D eigenvalue weighted by Crippen LogP contribution is 2.44. The van der Waals surface area contributed by atoms with Crippen LogP contribution in [-0.4, -0.2) is 39.1 Å². The Balaban J connectivity index is 1.31. The lowest BCUT2D eigenvalue weighted by atomic mass is 9.96. The minimum absolute atomic E-state index is 0.0440. The van der Waals surface area contributed by atoms with Gasteiger partial charge in [-0.25, -0.2) is 9.67 Å². The van der Waals surface area contributed by atoms with Crippen molar-refractivity contribution in [2.75, 3.05) is 17.6 Å². The number of alkyl halides is 6. The summed E-state index contributed by atoms with van der Waals surface area (Å²) in [6.45, 7) is 0.0525. The lowest BCUT2D eigenvalue weighted by molar-refractivity contribution is -0.173. The van der Waals surface area contributed by atoms with Crippen molar-refractivity contribution in [3.63, 3.8) is 0 Å². The minimum Gasteiger partial charge on any atom is -0.363 e. The molecule has 2 atom stereocenters. The maximum Gasteiger partial charge on any atom is 0.433 e. The van der Waals surface area contributed by atoms with Crippen molar-refractivity contribution < 1.29 is 31.1 Å². The molecule has 0 aliphatic carbocycles. The van der Waals surface area contributed by atoms with E-state index in [0.717, 1.165) is 28.7 Å². The Kier molecular flexibility index (Phi) is 7.19. The largest absolute Gasteiger partial charge is 0.433 e. The summed E-state index contributed by atoms with van der Waals surface area (Å²) in [7, 11) is 0. The van der Waals surface area contributed by atoms with Crippen molar-refractivity contribution in [3.05, 3.63) is 83.7 Å². The summed E-state index contributed by atoms with van der Waals surface area (Å²) in [5.74, 6) is -0.474. The number of carbonyl (C=O) groups excluding carboxylic acids is 1. The molecule has 1 amide bonds. The number of carbonyl (C=O) groups is 1. The summed E-state index contributed by atoms with van der Waals surface area (Å²) < 4.78 is 82.3. The first-order chi connectivity index (χ1) is 18.5. The van der Waals surface area contributed by atoms with E-state index in [0.29, 0.717) is 15.8 Å². The molecule has 2 unspecified atom stereocenters. The van der Waals surface area contributed by atoms with Gasteiger partial charge in [-0.3, -0.25) is 4.79 Å². The van der Waals surface area contributed by atoms with Gasteiger partial charge in [-0.2, -0.15) is 31.4 Å². The van der Waals surface area contributed by atoms with E-state index >= 15 is 0 Å². The number of benzene rings is 2. The minimum atomic E-state index is -4.62. The Hall–Kier alpha value is -3.74. The van der Waals surface area contributed by atoms with Crippen LogP contribution in [0.4, 0.5) is 32.2 Å². The Labute approximate surface area is 222 Å². The molecule has 2 N–H and O–H groups in total. The quantitative estimate of drug-likeness (QED) is 0.156. The number of amides is 1. The van der Waals surface area contributed by atoms with Gasteiger partial charge in [-0.1, -0.05) is 48.5 Å². The zero-order chi connectivity index (χ0) is 27.8. The molecule has 0 saturated heterocycles. The standard InChI is InChI=1S/C26H21F6N5OS/c27-25(28,29)21-13-20(16-8-4-5-9-18(16)35-21)39-11-10-33-24(38)17-14-34-37-22(26(30,31)32)12-19(36-23(17)37)15-6-2-1-3-7-15/h1-9,13-14,19,22,36H,10-12H2,(H,33,38). The molecule has 0 bridgehead atoms. The number of para-hydroxylation sites is 1. The van der Waals surface area contributed by atoms with Crippen LogP contribution in [-0.2, 0) is 6.18 Å². The number of nitrogens with zero attached hydrogens (tertiary/aromatic N) is 3. The van der Waals surface area contributed by atoms with Gasteiger partial charge >= 0.3 is 12.4 Å². The van der Waals surface area contributed by atoms with E-state index in [1.54, 1.807) is 48.5 Å². The number of halogens is 6. The van der Waals surface area contributed by atoms with E-state index in [9.17, 15) is 31.1 Å². The highest BCUT2D eigenvalue weighted by Gasteiger charge is 2.47. The monoisotopic (exact) mass is 565 g/mol. The van der Waals surface area contributed by atoms with E-state index in [2.05, 4.69) is 20.7 Å². The fraction of sp³-hybridized carbons (Fsp3) is 0.269. The number of anilines is 1. The smallest absolute Gasteiger partial charge is 0.363 e. The second kappa shape index (κ2) is 10.4. The number of aromatic nitrogens is 3. The lowest BCUT2D eigenvalue weighted by Crippen LogP contribution is -2.36. The molecule has 0 saturated carbocycles. The molecular formula is C26H21F6N5OS. The predicted octanol–water partition coefficient (Wildman–Crippen LogP) is 6.63. The summed E-state index contributed by atoms with van der Waals surface area (Å²) in [6, 6.07) is 13.4. The molecule has 0 fully saturated rings. The van der Waals surface area contributed by atoms with Gasteiger partial charge in [0, 0.05) is 29.0 Å². The third-order valence-electron chi connectivity index (χ3n) is 6.30. The molecule has 204 valence electrons. The molecule has 6 nitrogen and oxygen atoms in total. The Bertz CT molecular complexity index is 1490. The molecule has 0 radical (unpaired) electrons. The molecule has 2 aromatic carbocycles. The van der Waals surface area contributed by atoms with Crippen LogP contribution >= 0.6 is 11.8 Å². The molecule has 13 heteroatoms. The molecule has 5 rings (SSSR count). The molecule has 3 heterocycles. The Morgan fingerprint density at radius 3 is 2.49 bits per heavy atom. The molecule has 1 aliphatic rings. The first kappa shape index (κ1) is 26.9. The van der Waals surface area contributed by atoms with Crippen LogP contribution in [0.15, 0.2) is 71.8 Å². The number of nitrogens with one attached hydrogen (secondary N) is 2. The van der Waals surface area contributed by atoms with Gasteiger partial charge in [0.05, 0.1) is 17.8 Å². The van der Waals surface area contributed by atoms with Crippen LogP contribution in [0.25, 0.3) is 10.9 Å². The van der Waals surface area contributed by atoms with E-state index in [1.807, 2.05) is 0 Å². The van der Waals surface area contributed by atoms with Gasteiger partial charge in [0.15, 0.2) is 6.04 Å². The maximum atomic E-state index is 13.9. The van der Waals surface area contributed by atoms with Gasteiger partial charge < -0.3 is 10.6 Å². The van der Waals surface area contributed by atoms with Crippen LogP contribution in [0.3, 0.4) is 0 Å². The van der Waals surface area contributed by atoms with Crippen LogP contribution in [0.5, 0.6) is 0 Å². The van der Waals surface area contributed by atoms with Gasteiger partial charge in [-0.05, 0) is 17.7 Å². The molecule has 1 aliphatic heterocycles. The first-order valence-electron chi connectivity index (χ1n) is 11.9. The Morgan fingerprint density at radius 2 is 1.77 bits per heavy atom. The van der Waals surface area contributed by atoms with Gasteiger partial charge in [0.25, 0.3) is 5.91 Å². The van der Waals surface area contributed by atoms with Crippen LogP contribution in [0, 0.1) is 0 Å². The summed E-state index contributed by atoms with van der Waals surface area (Å²) in [5.41, 5.74) is -0.227. The first-order valence-corrected chi connectivity index (χ1v) is 12.8. The Morgan fingerprint density at radius 1 is 1.05 bits per heavy atom. The number of thioether (sulfide) groups is 1. The number of rotatable bonds is 6. The van der Waals surface area contributed by atoms with Crippen molar-refractivity contribution in [1.29, 1.82) is 0 Å². The fourth-order valence-electron chi connectivity index (χ4n) is 4.46. The number of pyridine rings is 1. The van der Waals surface area contributed by atoms with E-state index < -0.39 is 36.0 Å². The van der Waals surface area contributed by atoms with Gasteiger partial charge in [0.2, 0.25) is 0 Å². The summed E-state index contributed by atoms with van der Waals surface area (Å²) in [4.78, 5) is 17.0. The van der Waals surface area contributed by atoms with Crippen LogP contribution in [0.1, 0.15) is 40.1 Å². The van der Waals surface area contributed by atoms with E-state index in [-0.39, 0.29) is 35.6 Å². The maximum absolute atomic E-state index is 13.9. The molecular weight excluding hydrogens is 544 g/mol. The van der Waals surface area contributed by atoms with Crippen LogP contribution in [0.2, 0.25) is 0 Å². The fourth-order valence-corrected chi connectivity index (χ4v) is 5.41. The van der Waals surface area contributed by atoms with Crippen LogP contribution < -0.4 is 10.6 Å². The average Bonchev–Trinajstić information content (AvgIpc) is 3.33. The normalized spacial score (nSPS) is 17.5. The topological polar surface area (TPSA) is 71.8 Å². The summed E-state index contributed by atoms with van der Waals surface area (Å²) in [6.07, 6.45) is -8.40. The van der Waals surface area contributed by atoms with Gasteiger partial charge in [-0.15, -0.1) is 11.8 Å². The third-order valence-corrected chi connectivity index (χ3v) is 7.36. The second-order valence-corrected chi connectivity index (χ2v) is 10.0. The SMILES string of the molecule is O=C(NCCSc1cc(C(F)(F)F)nc2ccccc12)c1cnn2c1NC(c1ccccc1)CC2C(F)(F)F. The van der Waals surface area contributed by atoms with Gasteiger partial charge in [0.1, 0.15) is 17.1 Å². The summed E-state index contributed by atoms with van der Waals surface area (Å²) in [5, 5.41) is 10.1. The molecule has 39 heavy (non-hydrogen) atoms. The highest BCUT2D eigenvalue weighted by molar-refractivity contribution is 7.99. The van der Waals surface area contributed by atoms with Crippen molar-refractivity contribution in [2.24, 2.45) is 0 Å². The van der Waals surface area contributed by atoms with Crippen molar-refractivity contribution in [2.45, 2.75) is 35.8 Å². The van der Waals surface area contributed by atoms with E-state index in [4.69, 9.17) is 0 Å². The highest BCUT2D eigenvalue weighted by atomic mass is 32.2. The van der Waals surface area contributed by atoms with E-state index in [1.165, 1.54) is 6.07 Å². The average molecular weight is 566 g/mol. The number of hydrogen-bond acceptors (Lipinski definition) is 5. The zero-order valence-electron chi connectivity index (χ0n) is 20.1. The summed E-state index contributed by atoms with van der Waals surface area (Å²) >= 11 is 1.11. The molecule has 2 aromatic heterocycles. The number of fused-ring (bicyclic) bond motifs is 2. The van der Waals surface area contributed by atoms with Crippen molar-refractivity contribution >= 4 is 34.4 Å². The van der Waals surface area contributed by atoms with Crippen molar-refractivity contribution in [1.82, 2.24) is 20.1 Å². The predicted molar refractivity (Wildman–Crippen MR) is 135 cm³/mol. The molecule has 4 aromatic rings.